The molecule has 0 aliphatic rings. The smallest absolute Gasteiger partial charge is 0.127 e. The van der Waals surface area contributed by atoms with Crippen molar-refractivity contribution in [2.75, 3.05) is 13.2 Å². The molecule has 0 spiro atoms. The molecule has 1 atom stereocenters. The fraction of sp³-hybridized carbons (Fsp3) is 0.929. The SMILES string of the molecule is CCCCCCCOCC(C)(C#N)NC(C)C. The van der Waals surface area contributed by atoms with Crippen LogP contribution in [0.15, 0.2) is 0 Å². The molecule has 3 nitrogen and oxygen atoms in total. The summed E-state index contributed by atoms with van der Waals surface area (Å²) < 4.78 is 5.59. The van der Waals surface area contributed by atoms with Gasteiger partial charge in [0.1, 0.15) is 5.54 Å². The molecule has 0 aromatic heterocycles. The minimum atomic E-state index is -0.558. The van der Waals surface area contributed by atoms with Crippen LogP contribution in [0, 0.1) is 11.3 Å². The van der Waals surface area contributed by atoms with Crippen LogP contribution < -0.4 is 5.32 Å². The van der Waals surface area contributed by atoms with E-state index in [1.807, 2.05) is 20.8 Å². The highest BCUT2D eigenvalue weighted by Gasteiger charge is 2.24. The zero-order chi connectivity index (χ0) is 13.1. The third-order valence-corrected chi connectivity index (χ3v) is 2.64. The molecule has 0 aliphatic heterocycles. The maximum Gasteiger partial charge on any atom is 0.127 e. The number of hydrogen-bond acceptors (Lipinski definition) is 3. The van der Waals surface area contributed by atoms with Crippen LogP contribution in [0.3, 0.4) is 0 Å². The summed E-state index contributed by atoms with van der Waals surface area (Å²) in [6, 6.07) is 2.58. The van der Waals surface area contributed by atoms with Gasteiger partial charge in [-0.1, -0.05) is 32.6 Å². The molecule has 0 saturated heterocycles. The molecule has 0 saturated carbocycles. The molecule has 0 aromatic rings. The normalized spacial score (nSPS) is 14.6. The average molecular weight is 240 g/mol. The first kappa shape index (κ1) is 16.4. The van der Waals surface area contributed by atoms with Crippen LogP contribution in [0.25, 0.3) is 0 Å². The summed E-state index contributed by atoms with van der Waals surface area (Å²) in [4.78, 5) is 0. The number of ether oxygens (including phenoxy) is 1. The molecule has 0 aliphatic carbocycles. The van der Waals surface area contributed by atoms with Crippen molar-refractivity contribution >= 4 is 0 Å². The van der Waals surface area contributed by atoms with Crippen LogP contribution in [0.4, 0.5) is 0 Å². The minimum Gasteiger partial charge on any atom is -0.378 e. The summed E-state index contributed by atoms with van der Waals surface area (Å²) in [7, 11) is 0. The van der Waals surface area contributed by atoms with Gasteiger partial charge in [-0.2, -0.15) is 5.26 Å². The second kappa shape index (κ2) is 9.44. The lowest BCUT2D eigenvalue weighted by atomic mass is 10.1. The van der Waals surface area contributed by atoms with E-state index >= 15 is 0 Å². The van der Waals surface area contributed by atoms with E-state index in [9.17, 15) is 0 Å². The van der Waals surface area contributed by atoms with Crippen LogP contribution in [-0.2, 0) is 4.74 Å². The minimum absolute atomic E-state index is 0.299. The quantitative estimate of drug-likeness (QED) is 0.596. The summed E-state index contributed by atoms with van der Waals surface area (Å²) in [5.74, 6) is 0. The van der Waals surface area contributed by atoms with Gasteiger partial charge in [0.15, 0.2) is 0 Å². The van der Waals surface area contributed by atoms with Gasteiger partial charge in [0.25, 0.3) is 0 Å². The Morgan fingerprint density at radius 3 is 2.41 bits per heavy atom. The number of unbranched alkanes of at least 4 members (excludes halogenated alkanes) is 4. The Morgan fingerprint density at radius 1 is 1.24 bits per heavy atom. The van der Waals surface area contributed by atoms with Gasteiger partial charge in [0.2, 0.25) is 0 Å². The highest BCUT2D eigenvalue weighted by Crippen LogP contribution is 2.07. The van der Waals surface area contributed by atoms with Gasteiger partial charge in [-0.05, 0) is 27.2 Å². The number of nitriles is 1. The molecule has 0 amide bonds. The van der Waals surface area contributed by atoms with Gasteiger partial charge < -0.3 is 4.74 Å². The van der Waals surface area contributed by atoms with Crippen molar-refractivity contribution in [3.8, 4) is 6.07 Å². The van der Waals surface area contributed by atoms with Crippen molar-refractivity contribution in [2.24, 2.45) is 0 Å². The fourth-order valence-electron chi connectivity index (χ4n) is 1.83. The van der Waals surface area contributed by atoms with E-state index in [1.165, 1.54) is 25.7 Å². The van der Waals surface area contributed by atoms with E-state index in [0.29, 0.717) is 12.6 Å². The van der Waals surface area contributed by atoms with Gasteiger partial charge in [0.05, 0.1) is 12.7 Å². The topological polar surface area (TPSA) is 45.0 Å². The summed E-state index contributed by atoms with van der Waals surface area (Å²) >= 11 is 0. The summed E-state index contributed by atoms with van der Waals surface area (Å²) in [5, 5.41) is 12.3. The molecule has 1 unspecified atom stereocenters. The van der Waals surface area contributed by atoms with Crippen LogP contribution >= 0.6 is 0 Å². The molecule has 0 aromatic carbocycles. The van der Waals surface area contributed by atoms with Gasteiger partial charge in [-0.15, -0.1) is 0 Å². The molecule has 1 N–H and O–H groups in total. The molecule has 100 valence electrons. The average Bonchev–Trinajstić information content (AvgIpc) is 2.27. The molecule has 0 fully saturated rings. The predicted octanol–water partition coefficient (Wildman–Crippen LogP) is 3.25. The van der Waals surface area contributed by atoms with Gasteiger partial charge >= 0.3 is 0 Å². The van der Waals surface area contributed by atoms with Crippen molar-refractivity contribution < 1.29 is 4.74 Å². The Balaban J connectivity index is 3.60. The zero-order valence-corrected chi connectivity index (χ0v) is 11.9. The fourth-order valence-corrected chi connectivity index (χ4v) is 1.83. The van der Waals surface area contributed by atoms with Gasteiger partial charge in [-0.3, -0.25) is 5.32 Å². The summed E-state index contributed by atoms with van der Waals surface area (Å²) in [5.41, 5.74) is -0.558. The third kappa shape index (κ3) is 9.14. The van der Waals surface area contributed by atoms with Crippen LogP contribution in [0.2, 0.25) is 0 Å². The summed E-state index contributed by atoms with van der Waals surface area (Å²) in [6.45, 7) is 9.42. The highest BCUT2D eigenvalue weighted by atomic mass is 16.5. The van der Waals surface area contributed by atoms with E-state index in [4.69, 9.17) is 10.00 Å². The van der Waals surface area contributed by atoms with E-state index < -0.39 is 5.54 Å². The Hall–Kier alpha value is -0.590. The van der Waals surface area contributed by atoms with Crippen LogP contribution in [0.5, 0.6) is 0 Å². The van der Waals surface area contributed by atoms with E-state index in [2.05, 4.69) is 18.3 Å². The molecular formula is C14H28N2O. The van der Waals surface area contributed by atoms with Crippen molar-refractivity contribution in [3.05, 3.63) is 0 Å². The van der Waals surface area contributed by atoms with Crippen molar-refractivity contribution in [3.63, 3.8) is 0 Å². The number of rotatable bonds is 10. The standard InChI is InChI=1S/C14H28N2O/c1-5-6-7-8-9-10-17-12-14(4,11-15)16-13(2)3/h13,16H,5-10,12H2,1-4H3. The molecular weight excluding hydrogens is 212 g/mol. The van der Waals surface area contributed by atoms with E-state index in [1.54, 1.807) is 0 Å². The van der Waals surface area contributed by atoms with Crippen molar-refractivity contribution in [1.82, 2.24) is 5.32 Å². The summed E-state index contributed by atoms with van der Waals surface area (Å²) in [6.07, 6.45) is 6.20. The first-order valence-electron chi connectivity index (χ1n) is 6.80. The molecule has 0 bridgehead atoms. The van der Waals surface area contributed by atoms with Gasteiger partial charge in [-0.25, -0.2) is 0 Å². The zero-order valence-electron chi connectivity index (χ0n) is 11.9. The third-order valence-electron chi connectivity index (χ3n) is 2.64. The predicted molar refractivity (Wildman–Crippen MR) is 71.9 cm³/mol. The van der Waals surface area contributed by atoms with Crippen molar-refractivity contribution in [1.29, 1.82) is 5.26 Å². The largest absolute Gasteiger partial charge is 0.378 e. The monoisotopic (exact) mass is 240 g/mol. The molecule has 0 heterocycles. The van der Waals surface area contributed by atoms with Gasteiger partial charge in [0, 0.05) is 12.6 Å². The van der Waals surface area contributed by atoms with Crippen LogP contribution in [-0.4, -0.2) is 24.8 Å². The molecule has 0 rings (SSSR count). The second-order valence-corrected chi connectivity index (χ2v) is 5.21. The highest BCUT2D eigenvalue weighted by molar-refractivity contribution is 5.04. The maximum absolute atomic E-state index is 9.11. The molecule has 3 heteroatoms. The molecule has 17 heavy (non-hydrogen) atoms. The Bertz CT molecular complexity index is 223. The first-order chi connectivity index (χ1) is 8.04. The lowest BCUT2D eigenvalue weighted by molar-refractivity contribution is 0.0892. The number of nitrogens with one attached hydrogen (secondary N) is 1. The number of hydrogen-bond donors (Lipinski definition) is 1. The maximum atomic E-state index is 9.11. The second-order valence-electron chi connectivity index (χ2n) is 5.21. The first-order valence-corrected chi connectivity index (χ1v) is 6.80. The Morgan fingerprint density at radius 2 is 1.88 bits per heavy atom. The Labute approximate surface area is 107 Å². The van der Waals surface area contributed by atoms with Crippen LogP contribution in [0.1, 0.15) is 59.8 Å². The molecule has 0 radical (unpaired) electrons. The lowest BCUT2D eigenvalue weighted by Gasteiger charge is -2.25. The Kier molecular flexibility index (Phi) is 9.11. The lowest BCUT2D eigenvalue weighted by Crippen LogP contribution is -2.48. The van der Waals surface area contributed by atoms with Crippen molar-refractivity contribution in [2.45, 2.75) is 71.4 Å². The van der Waals surface area contributed by atoms with E-state index in [-0.39, 0.29) is 0 Å². The van der Waals surface area contributed by atoms with E-state index in [0.717, 1.165) is 13.0 Å². The number of nitrogens with zero attached hydrogens (tertiary/aromatic N) is 1.